The fourth-order valence-electron chi connectivity index (χ4n) is 3.90. The zero-order chi connectivity index (χ0) is 23.4. The zero-order valence-electron chi connectivity index (χ0n) is 18.1. The van der Waals surface area contributed by atoms with Gasteiger partial charge in [-0.3, -0.25) is 9.59 Å². The number of nitrogens with zero attached hydrogens (tertiary/aromatic N) is 2. The predicted octanol–water partition coefficient (Wildman–Crippen LogP) is 5.14. The number of hydrogen-bond donors (Lipinski definition) is 2. The zero-order valence-corrected chi connectivity index (χ0v) is 18.9. The first-order valence-corrected chi connectivity index (χ1v) is 11.2. The largest absolute Gasteiger partial charge is 0.352 e. The van der Waals surface area contributed by atoms with Gasteiger partial charge in [-0.15, -0.1) is 11.6 Å². The van der Waals surface area contributed by atoms with Gasteiger partial charge in [0.25, 0.3) is 0 Å². The highest BCUT2D eigenvalue weighted by Crippen LogP contribution is 2.31. The third kappa shape index (κ3) is 4.84. The second-order valence-corrected chi connectivity index (χ2v) is 8.22. The van der Waals surface area contributed by atoms with Crippen molar-refractivity contribution in [1.29, 1.82) is 5.26 Å². The van der Waals surface area contributed by atoms with Crippen LogP contribution in [0.1, 0.15) is 24.5 Å². The summed E-state index contributed by atoms with van der Waals surface area (Å²) >= 11 is 6.16. The Hall–Kier alpha value is -3.82. The Morgan fingerprint density at radius 2 is 1.76 bits per heavy atom. The number of halogens is 1. The Balaban J connectivity index is 1.39. The van der Waals surface area contributed by atoms with Crippen molar-refractivity contribution in [2.45, 2.75) is 25.9 Å². The van der Waals surface area contributed by atoms with E-state index in [-0.39, 0.29) is 18.2 Å². The molecule has 3 aromatic carbocycles. The molecule has 2 amide bonds. The van der Waals surface area contributed by atoms with Crippen LogP contribution >= 0.6 is 11.6 Å². The van der Waals surface area contributed by atoms with Crippen LogP contribution in [0.25, 0.3) is 21.8 Å². The van der Waals surface area contributed by atoms with Crippen LogP contribution in [0.15, 0.2) is 66.7 Å². The topological polar surface area (TPSA) is 86.9 Å². The molecule has 0 bridgehead atoms. The lowest BCUT2D eigenvalue weighted by Crippen LogP contribution is -2.31. The number of anilines is 1. The highest BCUT2D eigenvalue weighted by Gasteiger charge is 2.18. The SMILES string of the molecule is CC(CC(=O)Nc1ccc2c(c1)c1ccccc1n2CCl)C(=O)NCc1ccc(C#N)cc1. The van der Waals surface area contributed by atoms with Gasteiger partial charge in [0.05, 0.1) is 28.7 Å². The van der Waals surface area contributed by atoms with Crippen molar-refractivity contribution >= 4 is 50.9 Å². The van der Waals surface area contributed by atoms with Gasteiger partial charge in [0.15, 0.2) is 0 Å². The molecular weight excluding hydrogens is 436 g/mol. The molecule has 0 aliphatic carbocycles. The van der Waals surface area contributed by atoms with E-state index in [1.54, 1.807) is 31.2 Å². The van der Waals surface area contributed by atoms with Crippen molar-refractivity contribution in [3.05, 3.63) is 77.9 Å². The number of fused-ring (bicyclic) bond motifs is 3. The van der Waals surface area contributed by atoms with Crippen LogP contribution in [-0.4, -0.2) is 16.4 Å². The molecule has 166 valence electrons. The average Bonchev–Trinajstić information content (AvgIpc) is 3.15. The quantitative estimate of drug-likeness (QED) is 0.376. The minimum atomic E-state index is -0.481. The molecule has 0 aliphatic heterocycles. The molecule has 0 spiro atoms. The summed E-state index contributed by atoms with van der Waals surface area (Å²) in [6, 6.07) is 23.1. The molecular formula is C26H23ClN4O2. The van der Waals surface area contributed by atoms with Crippen molar-refractivity contribution in [3.8, 4) is 6.07 Å². The summed E-state index contributed by atoms with van der Waals surface area (Å²) in [5.41, 5.74) is 4.18. The van der Waals surface area contributed by atoms with Gasteiger partial charge in [0.1, 0.15) is 0 Å². The number of alkyl halides is 1. The second kappa shape index (κ2) is 9.76. The number of carbonyl (C=O) groups excluding carboxylic acids is 2. The molecule has 0 saturated carbocycles. The minimum absolute atomic E-state index is 0.0701. The standard InChI is InChI=1S/C26H23ClN4O2/c1-17(26(33)29-15-19-8-6-18(14-28)7-9-19)12-25(32)30-20-10-11-24-22(13-20)21-4-2-3-5-23(21)31(24)16-27/h2-11,13,17H,12,15-16H2,1H3,(H,29,33)(H,30,32). The molecule has 1 heterocycles. The summed E-state index contributed by atoms with van der Waals surface area (Å²) in [5.74, 6) is -0.906. The van der Waals surface area contributed by atoms with Crippen molar-refractivity contribution in [1.82, 2.24) is 9.88 Å². The normalized spacial score (nSPS) is 11.8. The maximum Gasteiger partial charge on any atom is 0.225 e. The Morgan fingerprint density at radius 3 is 2.48 bits per heavy atom. The van der Waals surface area contributed by atoms with E-state index >= 15 is 0 Å². The first-order chi connectivity index (χ1) is 16.0. The van der Waals surface area contributed by atoms with Crippen LogP contribution < -0.4 is 10.6 Å². The minimum Gasteiger partial charge on any atom is -0.352 e. The van der Waals surface area contributed by atoms with Gasteiger partial charge >= 0.3 is 0 Å². The maximum absolute atomic E-state index is 12.6. The van der Waals surface area contributed by atoms with Crippen molar-refractivity contribution < 1.29 is 9.59 Å². The first kappa shape index (κ1) is 22.4. The van der Waals surface area contributed by atoms with Crippen LogP contribution in [0, 0.1) is 17.2 Å². The van der Waals surface area contributed by atoms with E-state index in [4.69, 9.17) is 16.9 Å². The third-order valence-electron chi connectivity index (χ3n) is 5.66. The second-order valence-electron chi connectivity index (χ2n) is 7.98. The molecule has 0 aliphatic rings. The molecule has 1 atom stereocenters. The number of rotatable bonds is 7. The van der Waals surface area contributed by atoms with E-state index < -0.39 is 5.92 Å². The molecule has 4 aromatic rings. The first-order valence-electron chi connectivity index (χ1n) is 10.6. The Bertz CT molecular complexity index is 1370. The number of nitriles is 1. The summed E-state index contributed by atoms with van der Waals surface area (Å²) in [5, 5.41) is 16.7. The lowest BCUT2D eigenvalue weighted by molar-refractivity contribution is -0.128. The van der Waals surface area contributed by atoms with Crippen LogP contribution in [0.5, 0.6) is 0 Å². The predicted molar refractivity (Wildman–Crippen MR) is 131 cm³/mol. The van der Waals surface area contributed by atoms with Crippen LogP contribution in [0.2, 0.25) is 0 Å². The van der Waals surface area contributed by atoms with Gasteiger partial charge < -0.3 is 15.2 Å². The number of nitrogens with one attached hydrogen (secondary N) is 2. The van der Waals surface area contributed by atoms with Crippen LogP contribution in [-0.2, 0) is 22.1 Å². The highest BCUT2D eigenvalue weighted by molar-refractivity contribution is 6.18. The van der Waals surface area contributed by atoms with E-state index in [0.717, 1.165) is 27.4 Å². The summed E-state index contributed by atoms with van der Waals surface area (Å²) in [7, 11) is 0. The average molecular weight is 459 g/mol. The van der Waals surface area contributed by atoms with Crippen molar-refractivity contribution in [2.75, 3.05) is 5.32 Å². The molecule has 2 N–H and O–H groups in total. The number of para-hydroxylation sites is 1. The lowest BCUT2D eigenvalue weighted by atomic mass is 10.1. The number of benzene rings is 3. The summed E-state index contributed by atoms with van der Waals surface area (Å²) in [6.07, 6.45) is 0.0701. The summed E-state index contributed by atoms with van der Waals surface area (Å²) in [6.45, 7) is 2.07. The molecule has 1 aromatic heterocycles. The molecule has 0 saturated heterocycles. The van der Waals surface area contributed by atoms with Crippen LogP contribution in [0.3, 0.4) is 0 Å². The van der Waals surface area contributed by atoms with Gasteiger partial charge in [-0.05, 0) is 42.0 Å². The van der Waals surface area contributed by atoms with Gasteiger partial charge in [-0.2, -0.15) is 5.26 Å². The van der Waals surface area contributed by atoms with E-state index in [9.17, 15) is 9.59 Å². The third-order valence-corrected chi connectivity index (χ3v) is 5.90. The summed E-state index contributed by atoms with van der Waals surface area (Å²) < 4.78 is 2.03. The molecule has 0 fully saturated rings. The van der Waals surface area contributed by atoms with E-state index in [1.165, 1.54) is 0 Å². The number of aromatic nitrogens is 1. The van der Waals surface area contributed by atoms with Crippen molar-refractivity contribution in [3.63, 3.8) is 0 Å². The molecule has 0 radical (unpaired) electrons. The van der Waals surface area contributed by atoms with Gasteiger partial charge in [0.2, 0.25) is 11.8 Å². The molecule has 4 rings (SSSR count). The smallest absolute Gasteiger partial charge is 0.225 e. The fourth-order valence-corrected chi connectivity index (χ4v) is 4.16. The molecule has 33 heavy (non-hydrogen) atoms. The fraction of sp³-hybridized carbons (Fsp3) is 0.192. The molecule has 1 unspecified atom stereocenters. The Kier molecular flexibility index (Phi) is 6.62. The van der Waals surface area contributed by atoms with E-state index in [0.29, 0.717) is 23.8 Å². The maximum atomic E-state index is 12.6. The highest BCUT2D eigenvalue weighted by atomic mass is 35.5. The van der Waals surface area contributed by atoms with Gasteiger partial charge in [-0.1, -0.05) is 37.3 Å². The van der Waals surface area contributed by atoms with Gasteiger partial charge in [-0.25, -0.2) is 0 Å². The van der Waals surface area contributed by atoms with Gasteiger partial charge in [0, 0.05) is 35.3 Å². The Morgan fingerprint density at radius 1 is 1.03 bits per heavy atom. The lowest BCUT2D eigenvalue weighted by Gasteiger charge is -2.13. The number of carbonyl (C=O) groups is 2. The molecule has 7 heteroatoms. The van der Waals surface area contributed by atoms with Crippen LogP contribution in [0.4, 0.5) is 5.69 Å². The van der Waals surface area contributed by atoms with Crippen molar-refractivity contribution in [2.24, 2.45) is 5.92 Å². The number of amides is 2. The molecule has 6 nitrogen and oxygen atoms in total. The van der Waals surface area contributed by atoms with E-state index in [2.05, 4.69) is 16.7 Å². The Labute approximate surface area is 196 Å². The number of hydrogen-bond acceptors (Lipinski definition) is 3. The monoisotopic (exact) mass is 458 g/mol. The van der Waals surface area contributed by atoms with E-state index in [1.807, 2.05) is 47.0 Å². The summed E-state index contributed by atoms with van der Waals surface area (Å²) in [4.78, 5) is 25.0.